The van der Waals surface area contributed by atoms with Crippen LogP contribution in [0.15, 0.2) is 47.7 Å². The Morgan fingerprint density at radius 2 is 2.00 bits per heavy atom. The molecule has 19 heavy (non-hydrogen) atoms. The van der Waals surface area contributed by atoms with Crippen molar-refractivity contribution >= 4 is 5.69 Å². The van der Waals surface area contributed by atoms with E-state index in [0.717, 1.165) is 17.7 Å². The Hall–Kier alpha value is -2.10. The molecular weight excluding hydrogens is 242 g/mol. The molecule has 0 saturated heterocycles. The Kier molecular flexibility index (Phi) is 4.00. The molecule has 2 rings (SSSR count). The first-order valence-electron chi connectivity index (χ1n) is 6.29. The number of hydrogen-bond donors (Lipinski definition) is 0. The molecule has 0 aliphatic heterocycles. The summed E-state index contributed by atoms with van der Waals surface area (Å²) in [6, 6.07) is 6.46. The fourth-order valence-corrected chi connectivity index (χ4v) is 1.92. The van der Waals surface area contributed by atoms with Gasteiger partial charge in [-0.3, -0.25) is 10.1 Å². The second-order valence-corrected chi connectivity index (χ2v) is 4.86. The van der Waals surface area contributed by atoms with Crippen LogP contribution < -0.4 is 0 Å². The molecule has 0 bridgehead atoms. The maximum Gasteiger partial charge on any atom is 0.269 e. The van der Waals surface area contributed by atoms with E-state index in [4.69, 9.17) is 4.74 Å². The highest BCUT2D eigenvalue weighted by Gasteiger charge is 2.12. The third-order valence-corrected chi connectivity index (χ3v) is 3.39. The van der Waals surface area contributed by atoms with Crippen molar-refractivity contribution < 1.29 is 9.66 Å². The maximum absolute atomic E-state index is 10.5. The molecule has 100 valence electrons. The molecule has 0 aromatic heterocycles. The van der Waals surface area contributed by atoms with Gasteiger partial charge in [-0.05, 0) is 36.6 Å². The highest BCUT2D eigenvalue weighted by molar-refractivity contribution is 5.32. The van der Waals surface area contributed by atoms with Gasteiger partial charge in [0.15, 0.2) is 0 Å². The average Bonchev–Trinajstić information content (AvgIpc) is 2.40. The van der Waals surface area contributed by atoms with Gasteiger partial charge >= 0.3 is 0 Å². The largest absolute Gasteiger partial charge is 0.493 e. The van der Waals surface area contributed by atoms with E-state index in [1.54, 1.807) is 12.1 Å². The predicted molar refractivity (Wildman–Crippen MR) is 73.5 cm³/mol. The summed E-state index contributed by atoms with van der Waals surface area (Å²) in [5.74, 6) is 1.48. The highest BCUT2D eigenvalue weighted by Crippen LogP contribution is 2.25. The summed E-state index contributed by atoms with van der Waals surface area (Å²) in [7, 11) is 0. The van der Waals surface area contributed by atoms with Crippen LogP contribution in [0.2, 0.25) is 0 Å². The standard InChI is InChI=1S/C15H17NO3/c1-11-3-8-15(9-12(11)2)19-10-13-4-6-14(7-5-13)16(17)18/h3-8,12H,9-10H2,1-2H3. The fraction of sp³-hybridized carbons (Fsp3) is 0.333. The van der Waals surface area contributed by atoms with Crippen molar-refractivity contribution in [1.82, 2.24) is 0 Å². The lowest BCUT2D eigenvalue weighted by Crippen LogP contribution is -2.05. The number of allylic oxidation sites excluding steroid dienone is 4. The summed E-state index contributed by atoms with van der Waals surface area (Å²) in [4.78, 5) is 10.1. The van der Waals surface area contributed by atoms with Crippen LogP contribution in [0.25, 0.3) is 0 Å². The quantitative estimate of drug-likeness (QED) is 0.607. The second-order valence-electron chi connectivity index (χ2n) is 4.86. The molecule has 0 radical (unpaired) electrons. The normalized spacial score (nSPS) is 18.5. The number of nitro groups is 1. The molecule has 0 heterocycles. The van der Waals surface area contributed by atoms with Gasteiger partial charge in [0, 0.05) is 18.6 Å². The summed E-state index contributed by atoms with van der Waals surface area (Å²) >= 11 is 0. The van der Waals surface area contributed by atoms with Gasteiger partial charge in [-0.25, -0.2) is 0 Å². The zero-order valence-corrected chi connectivity index (χ0v) is 11.1. The van der Waals surface area contributed by atoms with Gasteiger partial charge in [0.2, 0.25) is 0 Å². The first-order valence-corrected chi connectivity index (χ1v) is 6.29. The Balaban J connectivity index is 1.94. The zero-order valence-electron chi connectivity index (χ0n) is 11.1. The van der Waals surface area contributed by atoms with E-state index in [1.165, 1.54) is 17.7 Å². The SMILES string of the molecule is CC1=CC=C(OCc2ccc([N+](=O)[O-])cc2)CC1C. The molecule has 0 saturated carbocycles. The molecule has 1 atom stereocenters. The molecule has 0 N–H and O–H groups in total. The Bertz CT molecular complexity index is 529. The lowest BCUT2D eigenvalue weighted by atomic mass is 9.94. The van der Waals surface area contributed by atoms with Gasteiger partial charge in [0.05, 0.1) is 10.7 Å². The fourth-order valence-electron chi connectivity index (χ4n) is 1.92. The summed E-state index contributed by atoms with van der Waals surface area (Å²) in [5, 5.41) is 10.5. The number of non-ortho nitro benzene ring substituents is 1. The zero-order chi connectivity index (χ0) is 13.8. The van der Waals surface area contributed by atoms with Gasteiger partial charge in [-0.15, -0.1) is 0 Å². The molecule has 1 unspecified atom stereocenters. The number of nitrogens with zero attached hydrogens (tertiary/aromatic N) is 1. The predicted octanol–water partition coefficient (Wildman–Crippen LogP) is 3.98. The molecule has 0 spiro atoms. The minimum atomic E-state index is -0.399. The van der Waals surface area contributed by atoms with Crippen molar-refractivity contribution in [1.29, 1.82) is 0 Å². The van der Waals surface area contributed by atoms with Crippen molar-refractivity contribution in [2.24, 2.45) is 5.92 Å². The van der Waals surface area contributed by atoms with Crippen molar-refractivity contribution in [3.05, 3.63) is 63.4 Å². The first kappa shape index (κ1) is 13.3. The molecule has 1 aromatic carbocycles. The van der Waals surface area contributed by atoms with E-state index in [-0.39, 0.29) is 5.69 Å². The topological polar surface area (TPSA) is 52.4 Å². The van der Waals surface area contributed by atoms with Crippen LogP contribution in [0.4, 0.5) is 5.69 Å². The third-order valence-electron chi connectivity index (χ3n) is 3.39. The lowest BCUT2D eigenvalue weighted by Gasteiger charge is -2.19. The minimum absolute atomic E-state index is 0.104. The van der Waals surface area contributed by atoms with Crippen LogP contribution >= 0.6 is 0 Å². The maximum atomic E-state index is 10.5. The number of hydrogen-bond acceptors (Lipinski definition) is 3. The van der Waals surface area contributed by atoms with E-state index >= 15 is 0 Å². The van der Waals surface area contributed by atoms with Gasteiger partial charge in [-0.2, -0.15) is 0 Å². The summed E-state index contributed by atoms with van der Waals surface area (Å²) < 4.78 is 5.73. The van der Waals surface area contributed by atoms with Crippen LogP contribution in [0, 0.1) is 16.0 Å². The van der Waals surface area contributed by atoms with Crippen LogP contribution in [-0.4, -0.2) is 4.92 Å². The molecular formula is C15H17NO3. The Labute approximate surface area is 112 Å². The first-order chi connectivity index (χ1) is 9.06. The van der Waals surface area contributed by atoms with Crippen molar-refractivity contribution in [2.75, 3.05) is 0 Å². The highest BCUT2D eigenvalue weighted by atomic mass is 16.6. The van der Waals surface area contributed by atoms with Crippen molar-refractivity contribution in [2.45, 2.75) is 26.9 Å². The summed E-state index contributed by atoms with van der Waals surface area (Å²) in [6.07, 6.45) is 5.00. The Morgan fingerprint density at radius 1 is 1.32 bits per heavy atom. The molecule has 4 nitrogen and oxygen atoms in total. The van der Waals surface area contributed by atoms with E-state index in [0.29, 0.717) is 12.5 Å². The lowest BCUT2D eigenvalue weighted by molar-refractivity contribution is -0.384. The number of benzene rings is 1. The van der Waals surface area contributed by atoms with Crippen molar-refractivity contribution in [3.63, 3.8) is 0 Å². The smallest absolute Gasteiger partial charge is 0.269 e. The van der Waals surface area contributed by atoms with Crippen LogP contribution in [0.3, 0.4) is 0 Å². The van der Waals surface area contributed by atoms with Gasteiger partial charge in [0.1, 0.15) is 6.61 Å². The average molecular weight is 259 g/mol. The number of ether oxygens (including phenoxy) is 1. The van der Waals surface area contributed by atoms with Gasteiger partial charge in [0.25, 0.3) is 5.69 Å². The molecule has 1 aliphatic rings. The van der Waals surface area contributed by atoms with E-state index in [9.17, 15) is 10.1 Å². The second kappa shape index (κ2) is 5.69. The number of rotatable bonds is 4. The molecule has 0 amide bonds. The monoisotopic (exact) mass is 259 g/mol. The van der Waals surface area contributed by atoms with Crippen molar-refractivity contribution in [3.8, 4) is 0 Å². The molecule has 1 aromatic rings. The van der Waals surface area contributed by atoms with E-state index in [2.05, 4.69) is 19.9 Å². The van der Waals surface area contributed by atoms with Crippen LogP contribution in [0.5, 0.6) is 0 Å². The molecule has 1 aliphatic carbocycles. The summed E-state index contributed by atoms with van der Waals surface area (Å²) in [6.45, 7) is 4.74. The van der Waals surface area contributed by atoms with Crippen LogP contribution in [0.1, 0.15) is 25.8 Å². The van der Waals surface area contributed by atoms with Gasteiger partial charge < -0.3 is 4.74 Å². The Morgan fingerprint density at radius 3 is 2.58 bits per heavy atom. The number of nitro benzene ring substituents is 1. The van der Waals surface area contributed by atoms with E-state index < -0.39 is 4.92 Å². The van der Waals surface area contributed by atoms with Crippen LogP contribution in [-0.2, 0) is 11.3 Å². The van der Waals surface area contributed by atoms with Gasteiger partial charge in [-0.1, -0.05) is 18.6 Å². The molecule has 0 fully saturated rings. The molecule has 4 heteroatoms. The minimum Gasteiger partial charge on any atom is -0.493 e. The van der Waals surface area contributed by atoms with E-state index in [1.807, 2.05) is 6.08 Å². The third kappa shape index (κ3) is 3.44. The summed E-state index contributed by atoms with van der Waals surface area (Å²) in [5.41, 5.74) is 2.40.